The van der Waals surface area contributed by atoms with E-state index in [1.54, 1.807) is 6.21 Å². The van der Waals surface area contributed by atoms with E-state index in [-0.39, 0.29) is 12.6 Å². The number of nitrogens with zero attached hydrogens (tertiary/aromatic N) is 2. The number of aliphatic imine (C=N–C) groups is 2. The Labute approximate surface area is 106 Å². The maximum Gasteiger partial charge on any atom is 0.333 e. The lowest BCUT2D eigenvalue weighted by Crippen LogP contribution is -2.28. The van der Waals surface area contributed by atoms with Crippen LogP contribution in [0, 0.1) is 0 Å². The average Bonchev–Trinajstić information content (AvgIpc) is 2.46. The Bertz CT molecular complexity index is 466. The van der Waals surface area contributed by atoms with Crippen molar-refractivity contribution < 1.29 is 9.53 Å². The van der Waals surface area contributed by atoms with E-state index < -0.39 is 6.04 Å². The monoisotopic (exact) mass is 244 g/mol. The second kappa shape index (κ2) is 6.10. The normalized spacial score (nSPS) is 18.3. The second-order valence-corrected chi connectivity index (χ2v) is 4.08. The Kier molecular flexibility index (Phi) is 4.23. The smallest absolute Gasteiger partial charge is 0.333 e. The van der Waals surface area contributed by atoms with Gasteiger partial charge in [0, 0.05) is 6.21 Å². The Morgan fingerprint density at radius 2 is 2.17 bits per heavy atom. The quantitative estimate of drug-likeness (QED) is 0.761. The van der Waals surface area contributed by atoms with Crippen LogP contribution in [0.5, 0.6) is 0 Å². The van der Waals surface area contributed by atoms with Crippen molar-refractivity contribution in [1.82, 2.24) is 0 Å². The van der Waals surface area contributed by atoms with E-state index in [1.807, 2.05) is 37.3 Å². The summed E-state index contributed by atoms with van der Waals surface area (Å²) in [5.74, 6) is -0.304. The highest BCUT2D eigenvalue weighted by Gasteiger charge is 2.21. The van der Waals surface area contributed by atoms with Crippen molar-refractivity contribution in [3.05, 3.63) is 35.9 Å². The lowest BCUT2D eigenvalue weighted by Gasteiger charge is -2.14. The van der Waals surface area contributed by atoms with Gasteiger partial charge in [0.25, 0.3) is 0 Å². The molecule has 94 valence electrons. The third kappa shape index (κ3) is 3.26. The number of carbonyl (C=O) groups is 1. The summed E-state index contributed by atoms with van der Waals surface area (Å²) in [4.78, 5) is 20.3. The predicted molar refractivity (Wildman–Crippen MR) is 71.1 cm³/mol. The van der Waals surface area contributed by atoms with Crippen LogP contribution in [0.2, 0.25) is 0 Å². The maximum atomic E-state index is 11.8. The van der Waals surface area contributed by atoms with E-state index in [1.165, 1.54) is 0 Å². The fourth-order valence-corrected chi connectivity index (χ4v) is 1.67. The summed E-state index contributed by atoms with van der Waals surface area (Å²) >= 11 is 0. The van der Waals surface area contributed by atoms with Gasteiger partial charge in [0.1, 0.15) is 6.61 Å². The minimum atomic E-state index is -0.478. The highest BCUT2D eigenvalue weighted by atomic mass is 16.5. The van der Waals surface area contributed by atoms with Gasteiger partial charge in [-0.2, -0.15) is 0 Å². The topological polar surface area (TPSA) is 51.0 Å². The van der Waals surface area contributed by atoms with Crippen molar-refractivity contribution in [3.8, 4) is 0 Å². The van der Waals surface area contributed by atoms with Gasteiger partial charge in [-0.25, -0.2) is 4.79 Å². The van der Waals surface area contributed by atoms with Gasteiger partial charge in [0.2, 0.25) is 0 Å². The highest BCUT2D eigenvalue weighted by Crippen LogP contribution is 2.06. The molecule has 0 radical (unpaired) electrons. The molecule has 4 nitrogen and oxygen atoms in total. The Balaban J connectivity index is 1.89. The lowest BCUT2D eigenvalue weighted by molar-refractivity contribution is -0.146. The van der Waals surface area contributed by atoms with E-state index in [2.05, 4.69) is 9.98 Å². The van der Waals surface area contributed by atoms with Gasteiger partial charge >= 0.3 is 5.97 Å². The number of benzene rings is 1. The predicted octanol–water partition coefficient (Wildman–Crippen LogP) is 2.03. The van der Waals surface area contributed by atoms with Gasteiger partial charge in [-0.1, -0.05) is 37.3 Å². The zero-order chi connectivity index (χ0) is 12.8. The molecule has 0 amide bonds. The van der Waals surface area contributed by atoms with Crippen molar-refractivity contribution in [2.24, 2.45) is 9.98 Å². The van der Waals surface area contributed by atoms with Gasteiger partial charge in [0.05, 0.1) is 12.3 Å². The Morgan fingerprint density at radius 1 is 1.39 bits per heavy atom. The summed E-state index contributed by atoms with van der Waals surface area (Å²) in [6, 6.07) is 9.13. The molecule has 0 saturated heterocycles. The average molecular weight is 244 g/mol. The molecule has 18 heavy (non-hydrogen) atoms. The molecule has 4 heteroatoms. The Morgan fingerprint density at radius 3 is 2.89 bits per heavy atom. The third-order valence-corrected chi connectivity index (χ3v) is 2.70. The molecule has 1 unspecified atom stereocenters. The largest absolute Gasteiger partial charge is 0.459 e. The van der Waals surface area contributed by atoms with Gasteiger partial charge < -0.3 is 4.74 Å². The molecule has 0 aliphatic carbocycles. The first-order chi connectivity index (χ1) is 8.79. The van der Waals surface area contributed by atoms with Crippen LogP contribution in [0.3, 0.4) is 0 Å². The van der Waals surface area contributed by atoms with E-state index in [4.69, 9.17) is 4.74 Å². The summed E-state index contributed by atoms with van der Waals surface area (Å²) in [5.41, 5.74) is 1.83. The molecule has 0 bridgehead atoms. The number of hydrogen-bond acceptors (Lipinski definition) is 4. The number of ether oxygens (including phenoxy) is 1. The number of rotatable bonds is 4. The summed E-state index contributed by atoms with van der Waals surface area (Å²) in [6.45, 7) is 2.66. The standard InChI is InChI=1S/C14H16N2O2/c1-2-12-8-15-9-13(16-12)14(17)18-10-11-6-4-3-5-7-11/h3-8,13H,2,9-10H2,1H3. The summed E-state index contributed by atoms with van der Waals surface area (Å²) in [5, 5.41) is 0. The highest BCUT2D eigenvalue weighted by molar-refractivity contribution is 6.31. The van der Waals surface area contributed by atoms with Crippen molar-refractivity contribution in [3.63, 3.8) is 0 Å². The van der Waals surface area contributed by atoms with E-state index in [0.717, 1.165) is 17.7 Å². The summed E-state index contributed by atoms with van der Waals surface area (Å²) in [7, 11) is 0. The molecule has 1 aromatic carbocycles. The molecule has 1 heterocycles. The third-order valence-electron chi connectivity index (χ3n) is 2.70. The van der Waals surface area contributed by atoms with Crippen molar-refractivity contribution in [2.45, 2.75) is 26.0 Å². The number of carbonyl (C=O) groups excluding carboxylic acids is 1. The summed E-state index contributed by atoms with van der Waals surface area (Å²) in [6.07, 6.45) is 2.51. The Hall–Kier alpha value is -1.97. The molecule has 1 aliphatic rings. The van der Waals surface area contributed by atoms with Crippen molar-refractivity contribution >= 4 is 17.9 Å². The molecule has 0 spiro atoms. The van der Waals surface area contributed by atoms with Crippen LogP contribution in [0.4, 0.5) is 0 Å². The lowest BCUT2D eigenvalue weighted by atomic mass is 10.2. The molecule has 2 rings (SSSR count). The molecule has 1 aromatic rings. The summed E-state index contributed by atoms with van der Waals surface area (Å²) < 4.78 is 5.24. The molecule has 0 fully saturated rings. The van der Waals surface area contributed by atoms with Crippen molar-refractivity contribution in [2.75, 3.05) is 6.54 Å². The van der Waals surface area contributed by atoms with Gasteiger partial charge in [-0.05, 0) is 12.0 Å². The second-order valence-electron chi connectivity index (χ2n) is 4.08. The molecule has 1 atom stereocenters. The number of esters is 1. The zero-order valence-electron chi connectivity index (χ0n) is 10.4. The molecular weight excluding hydrogens is 228 g/mol. The first-order valence-electron chi connectivity index (χ1n) is 6.06. The van der Waals surface area contributed by atoms with Crippen LogP contribution in [0.25, 0.3) is 0 Å². The van der Waals surface area contributed by atoms with Gasteiger partial charge in [-0.3, -0.25) is 9.98 Å². The fraction of sp³-hybridized carbons (Fsp3) is 0.357. The van der Waals surface area contributed by atoms with E-state index in [0.29, 0.717) is 6.54 Å². The molecule has 0 aromatic heterocycles. The minimum absolute atomic E-state index is 0.289. The van der Waals surface area contributed by atoms with Gasteiger partial charge in [0.15, 0.2) is 6.04 Å². The fourth-order valence-electron chi connectivity index (χ4n) is 1.67. The SMILES string of the molecule is CCC1=NC(C(=O)OCc2ccccc2)CN=C1. The van der Waals surface area contributed by atoms with Crippen LogP contribution in [-0.2, 0) is 16.1 Å². The maximum absolute atomic E-state index is 11.8. The van der Waals surface area contributed by atoms with Crippen LogP contribution < -0.4 is 0 Å². The zero-order valence-corrected chi connectivity index (χ0v) is 10.4. The van der Waals surface area contributed by atoms with Gasteiger partial charge in [-0.15, -0.1) is 0 Å². The van der Waals surface area contributed by atoms with Crippen molar-refractivity contribution in [1.29, 1.82) is 0 Å². The first-order valence-corrected chi connectivity index (χ1v) is 6.06. The molecule has 0 N–H and O–H groups in total. The van der Waals surface area contributed by atoms with Crippen LogP contribution in [0.15, 0.2) is 40.3 Å². The molecule has 0 saturated carbocycles. The van der Waals surface area contributed by atoms with Crippen LogP contribution in [0.1, 0.15) is 18.9 Å². The molecule has 1 aliphatic heterocycles. The van der Waals surface area contributed by atoms with E-state index >= 15 is 0 Å². The first kappa shape index (κ1) is 12.5. The van der Waals surface area contributed by atoms with Crippen LogP contribution >= 0.6 is 0 Å². The number of hydrogen-bond donors (Lipinski definition) is 0. The minimum Gasteiger partial charge on any atom is -0.459 e. The molecular formula is C14H16N2O2. The van der Waals surface area contributed by atoms with E-state index in [9.17, 15) is 4.79 Å². The van der Waals surface area contributed by atoms with Crippen LogP contribution in [-0.4, -0.2) is 30.5 Å².